The largest absolute Gasteiger partial charge is 0.497 e. The summed E-state index contributed by atoms with van der Waals surface area (Å²) in [4.78, 5) is 13.0. The number of sulfonamides is 1. The maximum atomic E-state index is 13.3. The van der Waals surface area contributed by atoms with Crippen molar-refractivity contribution in [3.8, 4) is 5.75 Å². The third-order valence-corrected chi connectivity index (χ3v) is 7.45. The molecule has 3 aromatic carbocycles. The molecule has 0 fully saturated rings. The molecule has 0 aromatic heterocycles. The van der Waals surface area contributed by atoms with E-state index in [0.717, 1.165) is 9.87 Å². The molecule has 9 heteroatoms. The standard InChI is InChI=1S/C24H24Cl2N2O4S/c1-17(18-9-12-21(32-2)13-10-18)27-24(29)16-28(15-19-8-11-20(25)14-23(19)26)33(30,31)22-6-4-3-5-7-22/h3-14,17H,15-16H2,1-2H3,(H,27,29). The molecule has 3 rings (SSSR count). The summed E-state index contributed by atoms with van der Waals surface area (Å²) in [5.41, 5.74) is 1.40. The Labute approximate surface area is 204 Å². The number of benzene rings is 3. The Morgan fingerprint density at radius 2 is 1.70 bits per heavy atom. The second kappa shape index (κ2) is 11.0. The monoisotopic (exact) mass is 506 g/mol. The summed E-state index contributed by atoms with van der Waals surface area (Å²) in [6.07, 6.45) is 0. The molecule has 6 nitrogen and oxygen atoms in total. The molecule has 0 radical (unpaired) electrons. The lowest BCUT2D eigenvalue weighted by atomic mass is 10.1. The molecule has 1 amide bonds. The summed E-state index contributed by atoms with van der Waals surface area (Å²) >= 11 is 12.2. The number of carbonyl (C=O) groups excluding carboxylic acids is 1. The van der Waals surface area contributed by atoms with Crippen LogP contribution in [0, 0.1) is 0 Å². The molecule has 1 N–H and O–H groups in total. The molecule has 0 heterocycles. The molecule has 3 aromatic rings. The van der Waals surface area contributed by atoms with Crippen molar-refractivity contribution in [3.05, 3.63) is 94.0 Å². The van der Waals surface area contributed by atoms with Gasteiger partial charge in [0.15, 0.2) is 0 Å². The summed E-state index contributed by atoms with van der Waals surface area (Å²) in [6.45, 7) is 1.36. The predicted octanol–water partition coefficient (Wildman–Crippen LogP) is 5.07. The van der Waals surface area contributed by atoms with Gasteiger partial charge in [-0.2, -0.15) is 4.31 Å². The third-order valence-electron chi connectivity index (χ3n) is 5.06. The van der Waals surface area contributed by atoms with Gasteiger partial charge in [-0.1, -0.05) is 59.6 Å². The Bertz CT molecular complexity index is 1200. The van der Waals surface area contributed by atoms with Gasteiger partial charge in [-0.25, -0.2) is 8.42 Å². The van der Waals surface area contributed by atoms with Crippen LogP contribution in [-0.2, 0) is 21.4 Å². The average molecular weight is 507 g/mol. The molecule has 1 unspecified atom stereocenters. The lowest BCUT2D eigenvalue weighted by Crippen LogP contribution is -2.41. The third kappa shape index (κ3) is 6.48. The summed E-state index contributed by atoms with van der Waals surface area (Å²) in [5.74, 6) is 0.264. The van der Waals surface area contributed by atoms with Crippen LogP contribution in [0.15, 0.2) is 77.7 Å². The Morgan fingerprint density at radius 3 is 2.30 bits per heavy atom. The highest BCUT2D eigenvalue weighted by Gasteiger charge is 2.28. The Balaban J connectivity index is 1.83. The lowest BCUT2D eigenvalue weighted by molar-refractivity contribution is -0.122. The minimum atomic E-state index is -3.97. The number of rotatable bonds is 9. The number of amides is 1. The molecule has 0 aliphatic rings. The smallest absolute Gasteiger partial charge is 0.243 e. The van der Waals surface area contributed by atoms with E-state index in [0.29, 0.717) is 21.4 Å². The van der Waals surface area contributed by atoms with E-state index in [1.54, 1.807) is 49.6 Å². The zero-order valence-corrected chi connectivity index (χ0v) is 20.5. The van der Waals surface area contributed by atoms with Gasteiger partial charge in [-0.3, -0.25) is 4.79 Å². The average Bonchev–Trinajstić information content (AvgIpc) is 2.80. The van der Waals surface area contributed by atoms with Crippen molar-refractivity contribution in [2.75, 3.05) is 13.7 Å². The van der Waals surface area contributed by atoms with E-state index in [4.69, 9.17) is 27.9 Å². The van der Waals surface area contributed by atoms with Gasteiger partial charge in [-0.15, -0.1) is 0 Å². The topological polar surface area (TPSA) is 75.7 Å². The molecule has 0 spiro atoms. The van der Waals surface area contributed by atoms with Crippen LogP contribution in [0.1, 0.15) is 24.1 Å². The highest BCUT2D eigenvalue weighted by molar-refractivity contribution is 7.89. The zero-order valence-electron chi connectivity index (χ0n) is 18.2. The van der Waals surface area contributed by atoms with Crippen LogP contribution in [0.5, 0.6) is 5.75 Å². The molecular formula is C24H24Cl2N2O4S. The van der Waals surface area contributed by atoms with Crippen molar-refractivity contribution in [1.82, 2.24) is 9.62 Å². The Morgan fingerprint density at radius 1 is 1.03 bits per heavy atom. The molecule has 33 heavy (non-hydrogen) atoms. The first-order chi connectivity index (χ1) is 15.7. The second-order valence-corrected chi connectivity index (χ2v) is 10.2. The number of carbonyl (C=O) groups is 1. The first kappa shape index (κ1) is 25.1. The van der Waals surface area contributed by atoms with Crippen LogP contribution in [0.2, 0.25) is 10.0 Å². The van der Waals surface area contributed by atoms with Gasteiger partial charge < -0.3 is 10.1 Å². The van der Waals surface area contributed by atoms with Gasteiger partial charge >= 0.3 is 0 Å². The van der Waals surface area contributed by atoms with Crippen LogP contribution in [0.25, 0.3) is 0 Å². The van der Waals surface area contributed by atoms with Gasteiger partial charge in [0, 0.05) is 16.6 Å². The molecular weight excluding hydrogens is 483 g/mol. The van der Waals surface area contributed by atoms with Gasteiger partial charge in [0.2, 0.25) is 15.9 Å². The number of nitrogens with one attached hydrogen (secondary N) is 1. The Kier molecular flexibility index (Phi) is 8.37. The number of hydrogen-bond acceptors (Lipinski definition) is 4. The van der Waals surface area contributed by atoms with Crippen molar-refractivity contribution in [3.63, 3.8) is 0 Å². The van der Waals surface area contributed by atoms with Crippen LogP contribution in [0.3, 0.4) is 0 Å². The highest BCUT2D eigenvalue weighted by atomic mass is 35.5. The number of methoxy groups -OCH3 is 1. The lowest BCUT2D eigenvalue weighted by Gasteiger charge is -2.24. The van der Waals surface area contributed by atoms with Gasteiger partial charge in [0.1, 0.15) is 5.75 Å². The van der Waals surface area contributed by atoms with E-state index in [9.17, 15) is 13.2 Å². The maximum Gasteiger partial charge on any atom is 0.243 e. The summed E-state index contributed by atoms with van der Waals surface area (Å²) in [7, 11) is -2.39. The van der Waals surface area contributed by atoms with Crippen molar-refractivity contribution < 1.29 is 17.9 Å². The van der Waals surface area contributed by atoms with E-state index in [-0.39, 0.29) is 24.0 Å². The summed E-state index contributed by atoms with van der Waals surface area (Å²) in [5, 5.41) is 3.62. The van der Waals surface area contributed by atoms with Gasteiger partial charge in [0.25, 0.3) is 0 Å². The van der Waals surface area contributed by atoms with Crippen molar-refractivity contribution in [2.45, 2.75) is 24.4 Å². The number of nitrogens with zero attached hydrogens (tertiary/aromatic N) is 1. The van der Waals surface area contributed by atoms with E-state index in [1.165, 1.54) is 18.2 Å². The van der Waals surface area contributed by atoms with Crippen LogP contribution in [-0.4, -0.2) is 32.3 Å². The second-order valence-electron chi connectivity index (χ2n) is 7.38. The van der Waals surface area contributed by atoms with Crippen molar-refractivity contribution in [1.29, 1.82) is 0 Å². The normalized spacial score (nSPS) is 12.4. The minimum absolute atomic E-state index is 0.0857. The summed E-state index contributed by atoms with van der Waals surface area (Å²) < 4.78 is 32.9. The highest BCUT2D eigenvalue weighted by Crippen LogP contribution is 2.25. The minimum Gasteiger partial charge on any atom is -0.497 e. The fourth-order valence-electron chi connectivity index (χ4n) is 3.23. The first-order valence-electron chi connectivity index (χ1n) is 10.1. The fraction of sp³-hybridized carbons (Fsp3) is 0.208. The van der Waals surface area contributed by atoms with E-state index < -0.39 is 15.9 Å². The van der Waals surface area contributed by atoms with Gasteiger partial charge in [0.05, 0.1) is 24.6 Å². The van der Waals surface area contributed by atoms with Crippen molar-refractivity contribution in [2.24, 2.45) is 0 Å². The molecule has 0 saturated carbocycles. The molecule has 0 bridgehead atoms. The van der Waals surface area contributed by atoms with E-state index in [2.05, 4.69) is 5.32 Å². The zero-order chi connectivity index (χ0) is 24.0. The molecule has 0 aliphatic carbocycles. The first-order valence-corrected chi connectivity index (χ1v) is 12.3. The SMILES string of the molecule is COc1ccc(C(C)NC(=O)CN(Cc2ccc(Cl)cc2Cl)S(=O)(=O)c2ccccc2)cc1. The van der Waals surface area contributed by atoms with Crippen LogP contribution >= 0.6 is 23.2 Å². The van der Waals surface area contributed by atoms with Crippen LogP contribution in [0.4, 0.5) is 0 Å². The fourth-order valence-corrected chi connectivity index (χ4v) is 5.09. The number of ether oxygens (including phenoxy) is 1. The molecule has 174 valence electrons. The predicted molar refractivity (Wildman–Crippen MR) is 130 cm³/mol. The van der Waals surface area contributed by atoms with Gasteiger partial charge in [-0.05, 0) is 54.4 Å². The Hall–Kier alpha value is -2.58. The van der Waals surface area contributed by atoms with E-state index >= 15 is 0 Å². The molecule has 0 saturated heterocycles. The number of halogens is 2. The maximum absolute atomic E-state index is 13.3. The number of hydrogen-bond donors (Lipinski definition) is 1. The molecule has 0 aliphatic heterocycles. The van der Waals surface area contributed by atoms with Crippen LogP contribution < -0.4 is 10.1 Å². The van der Waals surface area contributed by atoms with Crippen molar-refractivity contribution >= 4 is 39.1 Å². The molecule has 1 atom stereocenters. The van der Waals surface area contributed by atoms with E-state index in [1.807, 2.05) is 19.1 Å². The quantitative estimate of drug-likeness (QED) is 0.439. The summed E-state index contributed by atoms with van der Waals surface area (Å²) in [6, 6.07) is 19.7.